The fourth-order valence-corrected chi connectivity index (χ4v) is 4.86. The number of carbonyl (C=O) groups is 2. The Balaban J connectivity index is 2.40. The van der Waals surface area contributed by atoms with Crippen molar-refractivity contribution in [3.05, 3.63) is 9.93 Å². The lowest BCUT2D eigenvalue weighted by Crippen LogP contribution is -2.62. The van der Waals surface area contributed by atoms with Crippen molar-refractivity contribution in [3.8, 4) is 0 Å². The van der Waals surface area contributed by atoms with E-state index in [0.29, 0.717) is 9.99 Å². The molecular formula is C10H13NO4S2. The summed E-state index contributed by atoms with van der Waals surface area (Å²) in [6.45, 7) is 5.28. The fraction of sp³-hybridized carbons (Fsp3) is 0.600. The predicted octanol–water partition coefficient (Wildman–Crippen LogP) is 0.950. The van der Waals surface area contributed by atoms with E-state index >= 15 is 0 Å². The number of fused-ring (bicyclic) bond motifs is 1. The largest absolute Gasteiger partial charge is 0.611 e. The summed E-state index contributed by atoms with van der Waals surface area (Å²) in [6.07, 6.45) is 0. The van der Waals surface area contributed by atoms with E-state index in [1.807, 2.05) is 0 Å². The van der Waals surface area contributed by atoms with Crippen LogP contribution in [0.25, 0.3) is 0 Å². The van der Waals surface area contributed by atoms with Gasteiger partial charge >= 0.3 is 5.97 Å². The number of thioether (sulfide) groups is 1. The van der Waals surface area contributed by atoms with Crippen LogP contribution in [0.15, 0.2) is 9.93 Å². The van der Waals surface area contributed by atoms with Gasteiger partial charge in [0.05, 0.1) is 5.41 Å². The second kappa shape index (κ2) is 3.93. The third kappa shape index (κ3) is 1.60. The van der Waals surface area contributed by atoms with Crippen molar-refractivity contribution in [1.82, 2.24) is 4.90 Å². The lowest BCUT2D eigenvalue weighted by atomic mass is 9.82. The van der Waals surface area contributed by atoms with E-state index in [1.54, 1.807) is 20.8 Å². The number of nitrogens with zero attached hydrogens (tertiary/aromatic N) is 1. The molecule has 0 aromatic heterocycles. The van der Waals surface area contributed by atoms with Crippen molar-refractivity contribution in [2.75, 3.05) is 5.75 Å². The van der Waals surface area contributed by atoms with Gasteiger partial charge in [-0.1, -0.05) is 0 Å². The quantitative estimate of drug-likeness (QED) is 0.612. The van der Waals surface area contributed by atoms with Gasteiger partial charge in [-0.05, 0) is 43.7 Å². The molecule has 1 unspecified atom stereocenters. The number of hydrogen-bond acceptors (Lipinski definition) is 4. The van der Waals surface area contributed by atoms with Gasteiger partial charge in [0.25, 0.3) is 0 Å². The van der Waals surface area contributed by atoms with Crippen LogP contribution in [0.3, 0.4) is 0 Å². The molecule has 94 valence electrons. The Hall–Kier alpha value is -0.660. The number of rotatable bonds is 3. The molecule has 2 heterocycles. The number of carboxylic acids is 1. The minimum atomic E-state index is -1.33. The smallest absolute Gasteiger partial charge is 0.358 e. The Bertz CT molecular complexity index is 432. The maximum absolute atomic E-state index is 11.9. The third-order valence-electron chi connectivity index (χ3n) is 2.95. The normalized spacial score (nSPS) is 27.9. The maximum Gasteiger partial charge on any atom is 0.358 e. The molecule has 1 saturated heterocycles. The van der Waals surface area contributed by atoms with Gasteiger partial charge < -0.3 is 9.66 Å². The van der Waals surface area contributed by atoms with E-state index < -0.39 is 22.6 Å². The van der Waals surface area contributed by atoms with Crippen molar-refractivity contribution in [3.63, 3.8) is 0 Å². The van der Waals surface area contributed by atoms with Crippen LogP contribution in [0.4, 0.5) is 0 Å². The van der Waals surface area contributed by atoms with Crippen LogP contribution in [0, 0.1) is 5.41 Å². The van der Waals surface area contributed by atoms with Crippen LogP contribution >= 0.6 is 11.8 Å². The molecule has 0 aliphatic carbocycles. The van der Waals surface area contributed by atoms with E-state index in [9.17, 15) is 14.1 Å². The molecule has 0 bridgehead atoms. The Morgan fingerprint density at radius 1 is 1.65 bits per heavy atom. The van der Waals surface area contributed by atoms with Crippen LogP contribution in [0.5, 0.6) is 0 Å². The highest BCUT2D eigenvalue weighted by Gasteiger charge is 2.63. The van der Waals surface area contributed by atoms with Gasteiger partial charge in [0.2, 0.25) is 10.1 Å². The molecule has 2 aliphatic heterocycles. The third-order valence-corrected chi connectivity index (χ3v) is 6.35. The molecule has 5 nitrogen and oxygen atoms in total. The van der Waals surface area contributed by atoms with E-state index in [2.05, 4.69) is 0 Å². The van der Waals surface area contributed by atoms with E-state index in [0.717, 1.165) is 0 Å². The second-order valence-electron chi connectivity index (χ2n) is 4.44. The zero-order valence-corrected chi connectivity index (χ0v) is 11.4. The Labute approximate surface area is 106 Å². The van der Waals surface area contributed by atoms with Gasteiger partial charge in [0.1, 0.15) is 11.1 Å². The molecule has 0 aromatic rings. The number of aliphatic carboxylic acids is 1. The predicted molar refractivity (Wildman–Crippen MR) is 65.4 cm³/mol. The first-order chi connectivity index (χ1) is 7.82. The van der Waals surface area contributed by atoms with Crippen molar-refractivity contribution in [2.24, 2.45) is 5.41 Å². The second-order valence-corrected chi connectivity index (χ2v) is 7.47. The number of hydrogen-bond donors (Lipinski definition) is 1. The molecule has 2 rings (SSSR count). The Morgan fingerprint density at radius 3 is 2.71 bits per heavy atom. The summed E-state index contributed by atoms with van der Waals surface area (Å²) in [6, 6.07) is 0. The molecule has 1 fully saturated rings. The van der Waals surface area contributed by atoms with Crippen LogP contribution in [-0.4, -0.2) is 37.6 Å². The number of amides is 1. The molecule has 17 heavy (non-hydrogen) atoms. The molecule has 0 radical (unpaired) electrons. The van der Waals surface area contributed by atoms with E-state index in [4.69, 9.17) is 5.11 Å². The minimum Gasteiger partial charge on any atom is -0.611 e. The van der Waals surface area contributed by atoms with Crippen molar-refractivity contribution < 1.29 is 19.2 Å². The van der Waals surface area contributed by atoms with Crippen LogP contribution < -0.4 is 0 Å². The number of carbonyl (C=O) groups excluding carboxylic acids is 1. The van der Waals surface area contributed by atoms with Gasteiger partial charge in [-0.2, -0.15) is 0 Å². The molecular weight excluding hydrogens is 262 g/mol. The van der Waals surface area contributed by atoms with Crippen LogP contribution in [-0.2, 0) is 20.8 Å². The topological polar surface area (TPSA) is 80.7 Å². The summed E-state index contributed by atoms with van der Waals surface area (Å²) in [5, 5.41) is 8.91. The average Bonchev–Trinajstić information content (AvgIpc) is 2.65. The van der Waals surface area contributed by atoms with E-state index in [-0.39, 0.29) is 17.0 Å². The van der Waals surface area contributed by atoms with Crippen molar-refractivity contribution >= 4 is 34.8 Å². The van der Waals surface area contributed by atoms with Gasteiger partial charge in [0.15, 0.2) is 5.70 Å². The molecule has 2 atom stereocenters. The lowest BCUT2D eigenvalue weighted by molar-refractivity contribution is -0.159. The SMILES string of the molecule is CC[S+]([O-])C1=C(C(=O)O)N2C(=O)C(C)(C)[C@@H]2S1. The summed E-state index contributed by atoms with van der Waals surface area (Å²) in [5.41, 5.74) is -0.671. The molecule has 1 amide bonds. The lowest BCUT2D eigenvalue weighted by Gasteiger charge is -2.47. The van der Waals surface area contributed by atoms with Gasteiger partial charge in [-0.15, -0.1) is 0 Å². The fourth-order valence-electron chi connectivity index (χ4n) is 1.94. The summed E-state index contributed by atoms with van der Waals surface area (Å²) in [5.74, 6) is -1.04. The highest BCUT2D eigenvalue weighted by Crippen LogP contribution is 2.56. The monoisotopic (exact) mass is 275 g/mol. The van der Waals surface area contributed by atoms with Crippen molar-refractivity contribution in [2.45, 2.75) is 26.1 Å². The van der Waals surface area contributed by atoms with Gasteiger partial charge in [-0.25, -0.2) is 4.79 Å². The first-order valence-corrected chi connectivity index (χ1v) is 7.38. The Kier molecular flexibility index (Phi) is 2.95. The summed E-state index contributed by atoms with van der Waals surface area (Å²) in [4.78, 5) is 24.3. The molecule has 0 spiro atoms. The Morgan fingerprint density at radius 2 is 2.24 bits per heavy atom. The zero-order valence-electron chi connectivity index (χ0n) is 9.72. The van der Waals surface area contributed by atoms with Crippen LogP contribution in [0.2, 0.25) is 0 Å². The van der Waals surface area contributed by atoms with Gasteiger partial charge in [-0.3, -0.25) is 9.69 Å². The number of β-lactam (4-membered cyclic amide) rings is 1. The molecule has 7 heteroatoms. The van der Waals surface area contributed by atoms with Crippen molar-refractivity contribution in [1.29, 1.82) is 0 Å². The van der Waals surface area contributed by atoms with Crippen LogP contribution in [0.1, 0.15) is 20.8 Å². The summed E-state index contributed by atoms with van der Waals surface area (Å²) in [7, 11) is 0. The summed E-state index contributed by atoms with van der Waals surface area (Å²) >= 11 is -0.0907. The number of carboxylic acid groups (broad SMARTS) is 1. The van der Waals surface area contributed by atoms with Gasteiger partial charge in [0, 0.05) is 0 Å². The molecule has 0 aromatic carbocycles. The zero-order chi connectivity index (χ0) is 13.0. The first kappa shape index (κ1) is 12.8. The molecule has 2 aliphatic rings. The highest BCUT2D eigenvalue weighted by molar-refractivity contribution is 8.19. The minimum absolute atomic E-state index is 0.0930. The summed E-state index contributed by atoms with van der Waals surface area (Å²) < 4.78 is 12.1. The van der Waals surface area contributed by atoms with E-state index in [1.165, 1.54) is 16.7 Å². The highest BCUT2D eigenvalue weighted by atomic mass is 32.3. The standard InChI is InChI=1S/C10H13NO4S2/c1-4-17(15)7-5(6(12)13)11-8(14)10(2,3)9(11)16-7/h9H,4H2,1-3H3,(H,12,13)/t9-,17?/m0/s1. The molecule has 1 N–H and O–H groups in total. The first-order valence-electron chi connectivity index (χ1n) is 5.18. The average molecular weight is 275 g/mol. The maximum atomic E-state index is 11.9. The molecule has 0 saturated carbocycles.